The van der Waals surface area contributed by atoms with Gasteiger partial charge in [-0.2, -0.15) is 0 Å². The van der Waals surface area contributed by atoms with Gasteiger partial charge in [-0.05, 0) is 101 Å². The molecule has 244 valence electrons. The smallest absolute Gasteiger partial charge is 0.0545 e. The summed E-state index contributed by atoms with van der Waals surface area (Å²) < 4.78 is 0. The second kappa shape index (κ2) is 10.1. The van der Waals surface area contributed by atoms with E-state index in [9.17, 15) is 0 Å². The largest absolute Gasteiger partial charge is 0.311 e. The summed E-state index contributed by atoms with van der Waals surface area (Å²) in [6, 6.07) is 37.0. The zero-order valence-electron chi connectivity index (χ0n) is 30.1. The van der Waals surface area contributed by atoms with Gasteiger partial charge in [0.05, 0.1) is 17.1 Å². The Labute approximate surface area is 292 Å². The van der Waals surface area contributed by atoms with Crippen LogP contribution >= 0.6 is 0 Å². The van der Waals surface area contributed by atoms with Crippen molar-refractivity contribution in [3.8, 4) is 0 Å². The van der Waals surface area contributed by atoms with Crippen molar-refractivity contribution >= 4 is 28.4 Å². The molecule has 5 aromatic rings. The quantitative estimate of drug-likeness (QED) is 0.193. The maximum Gasteiger partial charge on any atom is 0.0545 e. The first-order chi connectivity index (χ1) is 23.4. The zero-order valence-corrected chi connectivity index (χ0v) is 30.1. The average molecular weight is 639 g/mol. The Morgan fingerprint density at radius 3 is 1.51 bits per heavy atom. The highest BCUT2D eigenvalue weighted by molar-refractivity contribution is 5.99. The number of anilines is 5. The van der Waals surface area contributed by atoms with Gasteiger partial charge in [0, 0.05) is 39.2 Å². The minimum Gasteiger partial charge on any atom is -0.311 e. The van der Waals surface area contributed by atoms with Gasteiger partial charge < -0.3 is 9.80 Å². The number of aryl methyl sites for hydroxylation is 2. The Balaban J connectivity index is 1.30. The number of allylic oxidation sites excluding steroid dienone is 3. The second-order valence-electron chi connectivity index (χ2n) is 16.4. The lowest BCUT2D eigenvalue weighted by atomic mass is 9.61. The Hall–Kier alpha value is -4.82. The molecule has 1 aliphatic carbocycles. The highest BCUT2D eigenvalue weighted by atomic mass is 15.2. The first-order valence-electron chi connectivity index (χ1n) is 18.0. The van der Waals surface area contributed by atoms with Crippen LogP contribution in [0.15, 0.2) is 121 Å². The van der Waals surface area contributed by atoms with Crippen molar-refractivity contribution in [3.05, 3.63) is 171 Å². The molecule has 5 aromatic carbocycles. The summed E-state index contributed by atoms with van der Waals surface area (Å²) in [7, 11) is 0. The van der Waals surface area contributed by atoms with E-state index in [1.54, 1.807) is 0 Å². The molecule has 0 radical (unpaired) electrons. The van der Waals surface area contributed by atoms with Crippen LogP contribution in [-0.4, -0.2) is 0 Å². The van der Waals surface area contributed by atoms with Gasteiger partial charge in [-0.1, -0.05) is 126 Å². The van der Waals surface area contributed by atoms with Crippen LogP contribution in [0, 0.1) is 13.8 Å². The molecule has 2 nitrogen and oxygen atoms in total. The van der Waals surface area contributed by atoms with Gasteiger partial charge in [0.15, 0.2) is 0 Å². The van der Waals surface area contributed by atoms with E-state index in [2.05, 4.69) is 180 Å². The zero-order chi connectivity index (χ0) is 34.0. The van der Waals surface area contributed by atoms with E-state index >= 15 is 0 Å². The molecule has 2 heteroatoms. The number of benzene rings is 5. The van der Waals surface area contributed by atoms with Gasteiger partial charge in [-0.15, -0.1) is 0 Å². The molecule has 0 amide bonds. The lowest BCUT2D eigenvalue weighted by Gasteiger charge is -2.55. The molecule has 9 rings (SSSR count). The minimum absolute atomic E-state index is 0.0917. The number of rotatable bonds is 4. The van der Waals surface area contributed by atoms with Gasteiger partial charge in [0.25, 0.3) is 0 Å². The van der Waals surface area contributed by atoms with Crippen molar-refractivity contribution in [1.29, 1.82) is 0 Å². The van der Waals surface area contributed by atoms with E-state index in [0.717, 1.165) is 6.42 Å². The first kappa shape index (κ1) is 30.3. The average Bonchev–Trinajstić information content (AvgIpc) is 3.08. The van der Waals surface area contributed by atoms with Crippen molar-refractivity contribution in [2.24, 2.45) is 0 Å². The molecule has 0 saturated carbocycles. The maximum atomic E-state index is 2.66. The molecule has 3 heterocycles. The molecular weight excluding hydrogens is 593 g/mol. The maximum absolute atomic E-state index is 2.66. The topological polar surface area (TPSA) is 6.48 Å². The molecule has 49 heavy (non-hydrogen) atoms. The summed E-state index contributed by atoms with van der Waals surface area (Å²) in [6.45, 7) is 19.0. The van der Waals surface area contributed by atoms with E-state index < -0.39 is 0 Å². The third kappa shape index (κ3) is 4.13. The Bertz CT molecular complexity index is 2150. The van der Waals surface area contributed by atoms with Crippen molar-refractivity contribution in [1.82, 2.24) is 0 Å². The Morgan fingerprint density at radius 1 is 0.551 bits per heavy atom. The molecule has 0 aromatic heterocycles. The van der Waals surface area contributed by atoms with E-state index in [0.29, 0.717) is 5.92 Å². The van der Waals surface area contributed by atoms with Crippen LogP contribution in [0.4, 0.5) is 28.4 Å². The standard InChI is InChI=1S/C47H46N2/c1-29-24-30(2)26-34(25-29)48(33-22-20-32(21-23-33)31-14-10-9-11-15-31)35-27-40-44-41(28-35)47(7,8)39-19-13-17-37-43(39)49(44)42-36(45(37,3)4)16-12-18-38(42)46(40,5)6/h9-20,22-28,32H,21H2,1-8H3. The molecule has 0 bridgehead atoms. The number of hydrogen-bond acceptors (Lipinski definition) is 2. The highest BCUT2D eigenvalue weighted by Gasteiger charge is 2.51. The Morgan fingerprint density at radius 2 is 1.02 bits per heavy atom. The van der Waals surface area contributed by atoms with Crippen LogP contribution in [0.5, 0.6) is 0 Å². The number of hydrogen-bond donors (Lipinski definition) is 0. The fourth-order valence-corrected chi connectivity index (χ4v) is 9.55. The molecule has 0 saturated heterocycles. The molecule has 0 N–H and O–H groups in total. The number of para-hydroxylation sites is 2. The van der Waals surface area contributed by atoms with E-state index in [-0.39, 0.29) is 16.2 Å². The van der Waals surface area contributed by atoms with Gasteiger partial charge in [-0.25, -0.2) is 0 Å². The molecule has 3 aliphatic heterocycles. The normalized spacial score (nSPS) is 19.6. The summed E-state index contributed by atoms with van der Waals surface area (Å²) in [4.78, 5) is 5.19. The second-order valence-corrected chi connectivity index (χ2v) is 16.4. The van der Waals surface area contributed by atoms with Crippen LogP contribution in [0.2, 0.25) is 0 Å². The first-order valence-corrected chi connectivity index (χ1v) is 18.0. The Kier molecular flexibility index (Phi) is 6.24. The fourth-order valence-electron chi connectivity index (χ4n) is 9.55. The monoisotopic (exact) mass is 638 g/mol. The third-order valence-corrected chi connectivity index (χ3v) is 12.2. The summed E-state index contributed by atoms with van der Waals surface area (Å²) >= 11 is 0. The van der Waals surface area contributed by atoms with Crippen molar-refractivity contribution < 1.29 is 0 Å². The fraction of sp³-hybridized carbons (Fsp3) is 0.277. The summed E-state index contributed by atoms with van der Waals surface area (Å²) in [6.07, 6.45) is 8.19. The van der Waals surface area contributed by atoms with Crippen LogP contribution in [0.1, 0.15) is 104 Å². The molecule has 1 atom stereocenters. The van der Waals surface area contributed by atoms with Crippen LogP contribution < -0.4 is 9.80 Å². The molecule has 4 aliphatic rings. The molecule has 0 spiro atoms. The van der Waals surface area contributed by atoms with Gasteiger partial charge in [0.2, 0.25) is 0 Å². The third-order valence-electron chi connectivity index (χ3n) is 12.2. The number of nitrogens with zero attached hydrogens (tertiary/aromatic N) is 2. The highest BCUT2D eigenvalue weighted by Crippen LogP contribution is 2.66. The van der Waals surface area contributed by atoms with Crippen molar-refractivity contribution in [3.63, 3.8) is 0 Å². The van der Waals surface area contributed by atoms with E-state index in [4.69, 9.17) is 0 Å². The SMILES string of the molecule is Cc1cc(C)cc(N(C2=CCC(c3ccccc3)C=C2)c2cc3c4c(c2)C(C)(C)c2cccc5c2N4c2c(cccc2C3(C)C)C5(C)C)c1. The molecular formula is C47H46N2. The summed E-state index contributed by atoms with van der Waals surface area (Å²) in [5.74, 6) is 0.383. The lowest BCUT2D eigenvalue weighted by molar-refractivity contribution is 0.566. The predicted octanol–water partition coefficient (Wildman–Crippen LogP) is 12.5. The summed E-state index contributed by atoms with van der Waals surface area (Å²) in [5, 5.41) is 0. The van der Waals surface area contributed by atoms with Crippen LogP contribution in [-0.2, 0) is 16.2 Å². The summed E-state index contributed by atoms with van der Waals surface area (Å²) in [5.41, 5.74) is 19.8. The van der Waals surface area contributed by atoms with Crippen molar-refractivity contribution in [2.75, 3.05) is 9.80 Å². The van der Waals surface area contributed by atoms with Crippen LogP contribution in [0.25, 0.3) is 0 Å². The molecule has 1 unspecified atom stereocenters. The molecule has 0 fully saturated rings. The van der Waals surface area contributed by atoms with Crippen LogP contribution in [0.3, 0.4) is 0 Å². The van der Waals surface area contributed by atoms with E-state index in [1.165, 1.54) is 84.2 Å². The van der Waals surface area contributed by atoms with Crippen molar-refractivity contribution in [2.45, 2.75) is 84.0 Å². The van der Waals surface area contributed by atoms with E-state index in [1.807, 2.05) is 0 Å². The predicted molar refractivity (Wildman–Crippen MR) is 207 cm³/mol. The van der Waals surface area contributed by atoms with Gasteiger partial charge in [0.1, 0.15) is 0 Å². The van der Waals surface area contributed by atoms with Gasteiger partial charge >= 0.3 is 0 Å². The minimum atomic E-state index is -0.193. The lowest BCUT2D eigenvalue weighted by Crippen LogP contribution is -2.43. The van der Waals surface area contributed by atoms with Gasteiger partial charge in [-0.3, -0.25) is 0 Å².